The molecule has 5 nitrogen and oxygen atoms in total. The predicted octanol–water partition coefficient (Wildman–Crippen LogP) is 5.88. The van der Waals surface area contributed by atoms with E-state index >= 15 is 0 Å². The van der Waals surface area contributed by atoms with E-state index in [1.54, 1.807) is 24.1 Å². The highest BCUT2D eigenvalue weighted by molar-refractivity contribution is 9.10. The number of amidine groups is 1. The van der Waals surface area contributed by atoms with Crippen LogP contribution in [0.2, 0.25) is 0 Å². The first kappa shape index (κ1) is 20.8. The molecule has 1 aromatic heterocycles. The standard InChI is InChI=1S/C23H21BrN2O3S/c1-3-28-20-12-21-18(19(13-29-21)15-4-6-16(24)7-5-15)11-17(20)14(2)10-22(27)26-23-25-8-9-30-23/h4-7,10-13H,3,8-9H2,1-2H3,(H,25,26,27)/b14-10+. The zero-order valence-corrected chi connectivity index (χ0v) is 19.1. The van der Waals surface area contributed by atoms with Crippen molar-refractivity contribution in [1.29, 1.82) is 0 Å². The van der Waals surface area contributed by atoms with Crippen LogP contribution in [0.4, 0.5) is 0 Å². The number of aliphatic imine (C=N–C) groups is 1. The fraction of sp³-hybridized carbons (Fsp3) is 0.217. The molecular weight excluding hydrogens is 464 g/mol. The molecule has 0 radical (unpaired) electrons. The van der Waals surface area contributed by atoms with Gasteiger partial charge in [-0.15, -0.1) is 0 Å². The van der Waals surface area contributed by atoms with Gasteiger partial charge in [-0.05, 0) is 43.2 Å². The van der Waals surface area contributed by atoms with Crippen LogP contribution in [0.25, 0.3) is 27.7 Å². The van der Waals surface area contributed by atoms with Gasteiger partial charge < -0.3 is 14.5 Å². The number of amides is 1. The lowest BCUT2D eigenvalue weighted by molar-refractivity contribution is -0.115. The maximum absolute atomic E-state index is 12.4. The number of fused-ring (bicyclic) bond motifs is 1. The van der Waals surface area contributed by atoms with Crippen LogP contribution in [0.3, 0.4) is 0 Å². The Morgan fingerprint density at radius 1 is 1.33 bits per heavy atom. The van der Waals surface area contributed by atoms with E-state index in [0.717, 1.165) is 50.0 Å². The molecule has 4 rings (SSSR count). The molecule has 30 heavy (non-hydrogen) atoms. The van der Waals surface area contributed by atoms with Crippen LogP contribution in [-0.2, 0) is 4.79 Å². The maximum atomic E-state index is 12.4. The number of carbonyl (C=O) groups is 1. The summed E-state index contributed by atoms with van der Waals surface area (Å²) in [4.78, 5) is 16.7. The first-order valence-electron chi connectivity index (χ1n) is 9.66. The Balaban J connectivity index is 1.73. The highest BCUT2D eigenvalue weighted by Crippen LogP contribution is 2.37. The van der Waals surface area contributed by atoms with Gasteiger partial charge in [0.1, 0.15) is 11.3 Å². The smallest absolute Gasteiger partial charge is 0.250 e. The van der Waals surface area contributed by atoms with Crippen molar-refractivity contribution in [2.24, 2.45) is 4.99 Å². The van der Waals surface area contributed by atoms with Gasteiger partial charge >= 0.3 is 0 Å². The van der Waals surface area contributed by atoms with Crippen molar-refractivity contribution in [3.63, 3.8) is 0 Å². The first-order valence-corrected chi connectivity index (χ1v) is 11.4. The maximum Gasteiger partial charge on any atom is 0.250 e. The van der Waals surface area contributed by atoms with E-state index in [1.165, 1.54) is 0 Å². The van der Waals surface area contributed by atoms with Crippen molar-refractivity contribution in [1.82, 2.24) is 5.32 Å². The number of hydrogen-bond acceptors (Lipinski definition) is 5. The third-order valence-electron chi connectivity index (χ3n) is 4.72. The van der Waals surface area contributed by atoms with Gasteiger partial charge in [0.25, 0.3) is 0 Å². The van der Waals surface area contributed by atoms with Crippen LogP contribution in [-0.4, -0.2) is 30.0 Å². The number of allylic oxidation sites excluding steroid dienone is 1. The van der Waals surface area contributed by atoms with Crippen molar-refractivity contribution >= 4 is 55.3 Å². The lowest BCUT2D eigenvalue weighted by atomic mass is 9.99. The topological polar surface area (TPSA) is 63.8 Å². The van der Waals surface area contributed by atoms with Crippen molar-refractivity contribution in [2.75, 3.05) is 18.9 Å². The molecule has 1 N–H and O–H groups in total. The quantitative estimate of drug-likeness (QED) is 0.459. The Morgan fingerprint density at radius 3 is 2.83 bits per heavy atom. The summed E-state index contributed by atoms with van der Waals surface area (Å²) in [6.07, 6.45) is 3.35. The Hall–Kier alpha value is -2.51. The molecule has 7 heteroatoms. The third-order valence-corrected chi connectivity index (χ3v) is 6.14. The molecule has 0 atom stereocenters. The van der Waals surface area contributed by atoms with Gasteiger partial charge in [0, 0.05) is 38.9 Å². The number of ether oxygens (including phenoxy) is 1. The highest BCUT2D eigenvalue weighted by Gasteiger charge is 2.16. The number of carbonyl (C=O) groups excluding carboxylic acids is 1. The van der Waals surface area contributed by atoms with Gasteiger partial charge in [-0.1, -0.05) is 39.8 Å². The normalized spacial score (nSPS) is 14.1. The van der Waals surface area contributed by atoms with Crippen molar-refractivity contribution in [3.05, 3.63) is 58.8 Å². The predicted molar refractivity (Wildman–Crippen MR) is 127 cm³/mol. The Morgan fingerprint density at radius 2 is 2.13 bits per heavy atom. The second-order valence-corrected chi connectivity index (χ2v) is 8.79. The SMILES string of the molecule is CCOc1cc2occ(-c3ccc(Br)cc3)c2cc1/C(C)=C/C(=O)NC1=NCCS1. The summed E-state index contributed by atoms with van der Waals surface area (Å²) in [5.74, 6) is 1.40. The van der Waals surface area contributed by atoms with Crippen LogP contribution in [0, 0.1) is 0 Å². The van der Waals surface area contributed by atoms with E-state index in [2.05, 4.69) is 26.2 Å². The van der Waals surface area contributed by atoms with Crippen LogP contribution in [0.1, 0.15) is 19.4 Å². The molecule has 0 bridgehead atoms. The summed E-state index contributed by atoms with van der Waals surface area (Å²) in [5.41, 5.74) is 4.47. The van der Waals surface area contributed by atoms with E-state index in [1.807, 2.05) is 50.2 Å². The second-order valence-electron chi connectivity index (χ2n) is 6.79. The summed E-state index contributed by atoms with van der Waals surface area (Å²) in [6, 6.07) is 12.0. The van der Waals surface area contributed by atoms with E-state index in [0.29, 0.717) is 17.5 Å². The molecule has 0 fully saturated rings. The summed E-state index contributed by atoms with van der Waals surface area (Å²) < 4.78 is 12.7. The minimum Gasteiger partial charge on any atom is -0.493 e. The minimum atomic E-state index is -0.191. The van der Waals surface area contributed by atoms with Crippen molar-refractivity contribution < 1.29 is 13.9 Å². The zero-order valence-electron chi connectivity index (χ0n) is 16.7. The minimum absolute atomic E-state index is 0.191. The Bertz CT molecular complexity index is 1150. The molecule has 1 aliphatic heterocycles. The summed E-state index contributed by atoms with van der Waals surface area (Å²) in [6.45, 7) is 5.11. The molecule has 3 aromatic rings. The van der Waals surface area contributed by atoms with Gasteiger partial charge in [0.15, 0.2) is 5.17 Å². The Labute approximate surface area is 187 Å². The van der Waals surface area contributed by atoms with Gasteiger partial charge in [-0.3, -0.25) is 9.79 Å². The molecule has 0 saturated heterocycles. The van der Waals surface area contributed by atoms with Crippen molar-refractivity contribution in [3.8, 4) is 16.9 Å². The average Bonchev–Trinajstić information content (AvgIpc) is 3.37. The molecule has 0 spiro atoms. The number of nitrogens with one attached hydrogen (secondary N) is 1. The van der Waals surface area contributed by atoms with Crippen LogP contribution >= 0.6 is 27.7 Å². The second kappa shape index (κ2) is 9.10. The number of rotatable bonds is 5. The van der Waals surface area contributed by atoms with Crippen molar-refractivity contribution in [2.45, 2.75) is 13.8 Å². The molecule has 2 aromatic carbocycles. The van der Waals surface area contributed by atoms with Gasteiger partial charge in [-0.25, -0.2) is 0 Å². The van der Waals surface area contributed by atoms with E-state index in [4.69, 9.17) is 9.15 Å². The van der Waals surface area contributed by atoms with E-state index in [-0.39, 0.29) is 5.91 Å². The van der Waals surface area contributed by atoms with Crippen LogP contribution in [0.5, 0.6) is 5.75 Å². The lowest BCUT2D eigenvalue weighted by Crippen LogP contribution is -2.25. The molecule has 1 amide bonds. The fourth-order valence-electron chi connectivity index (χ4n) is 3.32. The van der Waals surface area contributed by atoms with Gasteiger partial charge in [-0.2, -0.15) is 0 Å². The molecule has 154 valence electrons. The molecule has 0 unspecified atom stereocenters. The lowest BCUT2D eigenvalue weighted by Gasteiger charge is -2.12. The number of thioether (sulfide) groups is 1. The molecule has 2 heterocycles. The van der Waals surface area contributed by atoms with Gasteiger partial charge in [0.05, 0.1) is 19.4 Å². The summed E-state index contributed by atoms with van der Waals surface area (Å²) in [7, 11) is 0. The number of furan rings is 1. The molecular formula is C23H21BrN2O3S. The van der Waals surface area contributed by atoms with E-state index < -0.39 is 0 Å². The molecule has 0 saturated carbocycles. The third kappa shape index (κ3) is 4.47. The summed E-state index contributed by atoms with van der Waals surface area (Å²) >= 11 is 5.03. The fourth-order valence-corrected chi connectivity index (χ4v) is 4.31. The zero-order chi connectivity index (χ0) is 21.1. The number of nitrogens with zero attached hydrogens (tertiary/aromatic N) is 1. The summed E-state index contributed by atoms with van der Waals surface area (Å²) in [5, 5.41) is 4.49. The average molecular weight is 485 g/mol. The number of hydrogen-bond donors (Lipinski definition) is 1. The largest absolute Gasteiger partial charge is 0.493 e. The monoisotopic (exact) mass is 484 g/mol. The highest BCUT2D eigenvalue weighted by atomic mass is 79.9. The molecule has 0 aliphatic carbocycles. The van der Waals surface area contributed by atoms with E-state index in [9.17, 15) is 4.79 Å². The number of halogens is 1. The van der Waals surface area contributed by atoms with Crippen LogP contribution in [0.15, 0.2) is 62.6 Å². The first-order chi connectivity index (χ1) is 14.5. The molecule has 1 aliphatic rings. The number of benzene rings is 2. The Kier molecular flexibility index (Phi) is 6.29. The van der Waals surface area contributed by atoms with Crippen LogP contribution < -0.4 is 10.1 Å². The van der Waals surface area contributed by atoms with Gasteiger partial charge in [0.2, 0.25) is 5.91 Å².